The van der Waals surface area contributed by atoms with E-state index in [1.807, 2.05) is 18.2 Å². The number of nitrogens with two attached hydrogens (primary N) is 2. The molecular weight excluding hydrogens is 462 g/mol. The van der Waals surface area contributed by atoms with Crippen LogP contribution in [0.25, 0.3) is 0 Å². The molecule has 13 heteroatoms. The third kappa shape index (κ3) is 7.49. The Morgan fingerprint density at radius 1 is 1.26 bits per heavy atom. The molecule has 0 bridgehead atoms. The zero-order valence-electron chi connectivity index (χ0n) is 16.6. The molecule has 0 unspecified atom stereocenters. The van der Waals surface area contributed by atoms with Crippen molar-refractivity contribution in [2.45, 2.75) is 18.4 Å². The van der Waals surface area contributed by atoms with Gasteiger partial charge in [0.2, 0.25) is 0 Å². The van der Waals surface area contributed by atoms with Crippen molar-refractivity contribution in [2.24, 2.45) is 0 Å². The summed E-state index contributed by atoms with van der Waals surface area (Å²) in [5.41, 5.74) is 12.8. The first kappa shape index (κ1) is 24.6. The van der Waals surface area contributed by atoms with E-state index in [0.717, 1.165) is 11.1 Å². The number of hydrogen-bond donors (Lipinski definition) is 6. The number of nitrogens with zero attached hydrogens (tertiary/aromatic N) is 2. The SMILES string of the molecule is CC(=O)SCc1cc(OCCNC(=N)NC(=O)c2nc(Cl)c(N)nc2N)ccc1CS. The van der Waals surface area contributed by atoms with Gasteiger partial charge in [0.1, 0.15) is 12.4 Å². The molecule has 10 nitrogen and oxygen atoms in total. The molecule has 0 aliphatic rings. The van der Waals surface area contributed by atoms with E-state index >= 15 is 0 Å². The minimum atomic E-state index is -0.750. The second kappa shape index (κ2) is 11.6. The van der Waals surface area contributed by atoms with E-state index in [9.17, 15) is 9.59 Å². The van der Waals surface area contributed by atoms with Crippen molar-refractivity contribution in [2.75, 3.05) is 24.6 Å². The molecule has 166 valence electrons. The quantitative estimate of drug-likeness (QED) is 0.142. The third-order valence-corrected chi connectivity index (χ3v) is 5.29. The Labute approximate surface area is 193 Å². The lowest BCUT2D eigenvalue weighted by Crippen LogP contribution is -2.42. The predicted octanol–water partition coefficient (Wildman–Crippen LogP) is 1.84. The molecule has 0 fully saturated rings. The van der Waals surface area contributed by atoms with Crippen molar-refractivity contribution in [3.63, 3.8) is 0 Å². The van der Waals surface area contributed by atoms with Crippen LogP contribution in [0, 0.1) is 5.41 Å². The Kier molecular flexibility index (Phi) is 9.21. The number of thiol groups is 1. The lowest BCUT2D eigenvalue weighted by molar-refractivity contribution is -0.109. The molecule has 1 aromatic heterocycles. The molecule has 31 heavy (non-hydrogen) atoms. The summed E-state index contributed by atoms with van der Waals surface area (Å²) in [6, 6.07) is 5.57. The topological polar surface area (TPSA) is 169 Å². The number of carbonyl (C=O) groups is 2. The fraction of sp³-hybridized carbons (Fsp3) is 0.278. The van der Waals surface area contributed by atoms with Crippen LogP contribution in [-0.2, 0) is 16.3 Å². The summed E-state index contributed by atoms with van der Waals surface area (Å²) in [6.45, 7) is 2.00. The van der Waals surface area contributed by atoms with Crippen LogP contribution < -0.4 is 26.8 Å². The maximum atomic E-state index is 12.2. The van der Waals surface area contributed by atoms with Gasteiger partial charge in [-0.2, -0.15) is 12.6 Å². The summed E-state index contributed by atoms with van der Waals surface area (Å²) >= 11 is 11.3. The molecule has 0 saturated heterocycles. The molecule has 7 N–H and O–H groups in total. The monoisotopic (exact) mass is 483 g/mol. The first-order valence-corrected chi connectivity index (χ1v) is 10.9. The van der Waals surface area contributed by atoms with Crippen molar-refractivity contribution >= 4 is 64.6 Å². The molecular formula is C18H22ClN7O3S2. The Bertz CT molecular complexity index is 991. The van der Waals surface area contributed by atoms with Gasteiger partial charge in [-0.3, -0.25) is 20.3 Å². The van der Waals surface area contributed by atoms with Gasteiger partial charge in [-0.15, -0.1) is 0 Å². The van der Waals surface area contributed by atoms with Crippen molar-refractivity contribution in [3.8, 4) is 5.75 Å². The number of guanidine groups is 1. The molecule has 0 aliphatic carbocycles. The number of carbonyl (C=O) groups excluding carboxylic acids is 2. The molecule has 0 aliphatic heterocycles. The van der Waals surface area contributed by atoms with Gasteiger partial charge >= 0.3 is 0 Å². The number of anilines is 2. The summed E-state index contributed by atoms with van der Waals surface area (Å²) in [4.78, 5) is 30.9. The van der Waals surface area contributed by atoms with Gasteiger partial charge in [0.25, 0.3) is 5.91 Å². The van der Waals surface area contributed by atoms with Gasteiger partial charge in [-0.1, -0.05) is 29.4 Å². The molecule has 1 heterocycles. The molecule has 1 aromatic carbocycles. The average Bonchev–Trinajstić information content (AvgIpc) is 2.72. The second-order valence-electron chi connectivity index (χ2n) is 6.11. The Hall–Kier alpha value is -2.70. The van der Waals surface area contributed by atoms with Crippen LogP contribution in [0.2, 0.25) is 5.15 Å². The van der Waals surface area contributed by atoms with E-state index in [2.05, 4.69) is 33.2 Å². The molecule has 1 amide bonds. The molecule has 2 rings (SSSR count). The lowest BCUT2D eigenvalue weighted by atomic mass is 10.1. The fourth-order valence-corrected chi connectivity index (χ4v) is 3.39. The van der Waals surface area contributed by atoms with Crippen molar-refractivity contribution in [1.82, 2.24) is 20.6 Å². The number of nitrogens with one attached hydrogen (secondary N) is 3. The van der Waals surface area contributed by atoms with Gasteiger partial charge in [-0.05, 0) is 23.3 Å². The van der Waals surface area contributed by atoms with E-state index in [1.54, 1.807) is 0 Å². The zero-order chi connectivity index (χ0) is 23.0. The first-order chi connectivity index (χ1) is 14.7. The smallest absolute Gasteiger partial charge is 0.280 e. The number of ether oxygens (including phenoxy) is 1. The van der Waals surface area contributed by atoms with Gasteiger partial charge < -0.3 is 21.5 Å². The van der Waals surface area contributed by atoms with E-state index < -0.39 is 5.91 Å². The highest BCUT2D eigenvalue weighted by atomic mass is 35.5. The van der Waals surface area contributed by atoms with Crippen LogP contribution in [0.5, 0.6) is 5.75 Å². The zero-order valence-corrected chi connectivity index (χ0v) is 19.0. The largest absolute Gasteiger partial charge is 0.492 e. The lowest BCUT2D eigenvalue weighted by Gasteiger charge is -2.13. The summed E-state index contributed by atoms with van der Waals surface area (Å²) < 4.78 is 5.68. The molecule has 0 atom stereocenters. The third-order valence-electron chi connectivity index (χ3n) is 3.81. The molecule has 0 spiro atoms. The van der Waals surface area contributed by atoms with Gasteiger partial charge in [-0.25, -0.2) is 9.97 Å². The number of thioether (sulfide) groups is 1. The van der Waals surface area contributed by atoms with Crippen LogP contribution in [0.4, 0.5) is 11.6 Å². The Morgan fingerprint density at radius 2 is 2.00 bits per heavy atom. The van der Waals surface area contributed by atoms with Crippen LogP contribution in [0.15, 0.2) is 18.2 Å². The minimum absolute atomic E-state index is 0.0372. The Balaban J connectivity index is 1.84. The number of amides is 1. The highest BCUT2D eigenvalue weighted by molar-refractivity contribution is 8.12. The standard InChI is InChI=1S/C18H22ClN7O3S2/c1-9(27)31-8-11-6-12(3-2-10(11)7-30)29-5-4-23-18(22)26-17(28)13-15(20)25-16(21)14(19)24-13/h2-3,6,30H,4-5,7-8H2,1H3,(H4,20,21,25)(H3,22,23,26,28). The fourth-order valence-electron chi connectivity index (χ4n) is 2.33. The summed E-state index contributed by atoms with van der Waals surface area (Å²) in [5.74, 6) is 0.415. The van der Waals surface area contributed by atoms with Crippen LogP contribution in [0.1, 0.15) is 28.5 Å². The van der Waals surface area contributed by atoms with Crippen molar-refractivity contribution < 1.29 is 14.3 Å². The van der Waals surface area contributed by atoms with Crippen molar-refractivity contribution in [3.05, 3.63) is 40.2 Å². The Morgan fingerprint density at radius 3 is 2.68 bits per heavy atom. The maximum absolute atomic E-state index is 12.2. The number of rotatable bonds is 8. The summed E-state index contributed by atoms with van der Waals surface area (Å²) in [7, 11) is 0. The van der Waals surface area contributed by atoms with E-state index in [0.29, 0.717) is 17.3 Å². The summed E-state index contributed by atoms with van der Waals surface area (Å²) in [5, 5.41) is 12.7. The average molecular weight is 484 g/mol. The number of nitrogen functional groups attached to an aromatic ring is 2. The van der Waals surface area contributed by atoms with Crippen LogP contribution in [0.3, 0.4) is 0 Å². The van der Waals surface area contributed by atoms with Crippen LogP contribution >= 0.6 is 36.0 Å². The molecule has 2 aromatic rings. The summed E-state index contributed by atoms with van der Waals surface area (Å²) in [6.07, 6.45) is 0. The maximum Gasteiger partial charge on any atom is 0.280 e. The normalized spacial score (nSPS) is 10.4. The predicted molar refractivity (Wildman–Crippen MR) is 126 cm³/mol. The number of halogens is 1. The van der Waals surface area contributed by atoms with E-state index in [4.69, 9.17) is 33.2 Å². The highest BCUT2D eigenvalue weighted by Crippen LogP contribution is 2.24. The van der Waals surface area contributed by atoms with Crippen molar-refractivity contribution in [1.29, 1.82) is 5.41 Å². The number of hydrogen-bond acceptors (Lipinski definition) is 10. The van der Waals surface area contributed by atoms with E-state index in [-0.39, 0.29) is 46.7 Å². The molecule has 0 radical (unpaired) electrons. The number of benzene rings is 1. The second-order valence-corrected chi connectivity index (χ2v) is 7.93. The van der Waals surface area contributed by atoms with Gasteiger partial charge in [0.05, 0.1) is 6.54 Å². The number of aromatic nitrogens is 2. The van der Waals surface area contributed by atoms with E-state index in [1.165, 1.54) is 18.7 Å². The molecule has 0 saturated carbocycles. The van der Waals surface area contributed by atoms with Crippen LogP contribution in [-0.4, -0.2) is 40.1 Å². The van der Waals surface area contributed by atoms with Gasteiger partial charge in [0, 0.05) is 18.4 Å². The highest BCUT2D eigenvalue weighted by Gasteiger charge is 2.17. The first-order valence-electron chi connectivity index (χ1n) is 8.92. The minimum Gasteiger partial charge on any atom is -0.492 e. The van der Waals surface area contributed by atoms with Gasteiger partial charge in [0.15, 0.2) is 33.6 Å².